The number of ether oxygens (including phenoxy) is 3. The van der Waals surface area contributed by atoms with Gasteiger partial charge in [0.2, 0.25) is 0 Å². The molecule has 0 amide bonds. The van der Waals surface area contributed by atoms with Crippen molar-refractivity contribution in [2.45, 2.75) is 6.92 Å². The number of nitriles is 1. The van der Waals surface area contributed by atoms with E-state index < -0.39 is 11.6 Å². The lowest BCUT2D eigenvalue weighted by Gasteiger charge is -2.11. The van der Waals surface area contributed by atoms with Crippen molar-refractivity contribution in [3.8, 4) is 23.3 Å². The number of nitrogens with zero attached hydrogens (tertiary/aromatic N) is 1. The number of benzene rings is 2. The number of rotatable bonds is 6. The van der Waals surface area contributed by atoms with Crippen LogP contribution in [0.4, 0.5) is 0 Å². The summed E-state index contributed by atoms with van der Waals surface area (Å²) in [6, 6.07) is 13.2. The van der Waals surface area contributed by atoms with E-state index in [9.17, 15) is 9.59 Å². The molecule has 1 heterocycles. The summed E-state index contributed by atoms with van der Waals surface area (Å²) < 4.78 is 21.1. The molecule has 1 aromatic heterocycles. The molecule has 29 heavy (non-hydrogen) atoms. The molecule has 146 valence electrons. The van der Waals surface area contributed by atoms with E-state index in [1.807, 2.05) is 13.0 Å². The molecule has 0 radical (unpaired) electrons. The first-order chi connectivity index (χ1) is 14.0. The van der Waals surface area contributed by atoms with E-state index in [0.717, 1.165) is 16.5 Å². The van der Waals surface area contributed by atoms with Gasteiger partial charge in [0.05, 0.1) is 13.2 Å². The molecule has 2 aromatic carbocycles. The number of hydrogen-bond donors (Lipinski definition) is 0. The van der Waals surface area contributed by atoms with Gasteiger partial charge in [-0.15, -0.1) is 0 Å². The Hall–Kier alpha value is -4.05. The Kier molecular flexibility index (Phi) is 5.95. The first-order valence-corrected chi connectivity index (χ1v) is 8.62. The smallest absolute Gasteiger partial charge is 0.349 e. The molecule has 0 aliphatic carbocycles. The molecular weight excluding hydrogens is 374 g/mol. The molecule has 3 aromatic rings. The van der Waals surface area contributed by atoms with Gasteiger partial charge in [-0.25, -0.2) is 9.59 Å². The SMILES string of the molecule is COc1cc(/C=C\C#N)ccc1OC(=O)COc1ccc2c(C)cc(=O)oc2c1. The Labute approximate surface area is 166 Å². The van der Waals surface area contributed by atoms with Crippen molar-refractivity contribution in [2.75, 3.05) is 13.7 Å². The minimum Gasteiger partial charge on any atom is -0.493 e. The molecule has 3 rings (SSSR count). The second kappa shape index (κ2) is 8.76. The van der Waals surface area contributed by atoms with Crippen LogP contribution in [0.2, 0.25) is 0 Å². The van der Waals surface area contributed by atoms with E-state index in [2.05, 4.69) is 0 Å². The molecule has 0 saturated carbocycles. The molecule has 0 spiro atoms. The summed E-state index contributed by atoms with van der Waals surface area (Å²) in [5.74, 6) is 0.318. The van der Waals surface area contributed by atoms with Crippen LogP contribution in [0.1, 0.15) is 11.1 Å². The highest BCUT2D eigenvalue weighted by atomic mass is 16.6. The van der Waals surface area contributed by atoms with Crippen LogP contribution in [-0.4, -0.2) is 19.7 Å². The summed E-state index contributed by atoms with van der Waals surface area (Å²) in [5.41, 5.74) is 1.45. The Balaban J connectivity index is 1.68. The lowest BCUT2D eigenvalue weighted by molar-refractivity contribution is -0.136. The van der Waals surface area contributed by atoms with Crippen LogP contribution in [0.3, 0.4) is 0 Å². The van der Waals surface area contributed by atoms with Gasteiger partial charge in [0.1, 0.15) is 11.3 Å². The van der Waals surface area contributed by atoms with E-state index in [1.165, 1.54) is 19.3 Å². The van der Waals surface area contributed by atoms with Crippen LogP contribution in [0, 0.1) is 18.3 Å². The average Bonchev–Trinajstić information content (AvgIpc) is 2.71. The maximum Gasteiger partial charge on any atom is 0.349 e. The van der Waals surface area contributed by atoms with Crippen LogP contribution in [0.15, 0.2) is 57.8 Å². The number of fused-ring (bicyclic) bond motifs is 1. The number of carbonyl (C=O) groups is 1. The van der Waals surface area contributed by atoms with Crippen molar-refractivity contribution >= 4 is 23.0 Å². The molecule has 0 aliphatic rings. The Morgan fingerprint density at radius 1 is 1.17 bits per heavy atom. The minimum absolute atomic E-state index is 0.232. The van der Waals surface area contributed by atoms with Gasteiger partial charge >= 0.3 is 11.6 Å². The predicted octanol–water partition coefficient (Wildman–Crippen LogP) is 3.63. The van der Waals surface area contributed by atoms with Gasteiger partial charge in [0.15, 0.2) is 18.1 Å². The fraction of sp³-hybridized carbons (Fsp3) is 0.136. The zero-order valence-corrected chi connectivity index (χ0v) is 15.8. The number of methoxy groups -OCH3 is 1. The normalized spacial score (nSPS) is 10.7. The Morgan fingerprint density at radius 2 is 2.00 bits per heavy atom. The van der Waals surface area contributed by atoms with Crippen molar-refractivity contribution in [3.05, 3.63) is 70.1 Å². The van der Waals surface area contributed by atoms with Crippen LogP contribution >= 0.6 is 0 Å². The maximum atomic E-state index is 12.1. The highest BCUT2D eigenvalue weighted by molar-refractivity contribution is 5.81. The Bertz CT molecular complexity index is 1190. The van der Waals surface area contributed by atoms with E-state index in [0.29, 0.717) is 17.1 Å². The number of aryl methyl sites for hydroxylation is 1. The van der Waals surface area contributed by atoms with E-state index in [-0.39, 0.29) is 12.4 Å². The van der Waals surface area contributed by atoms with Gasteiger partial charge in [-0.05, 0) is 48.4 Å². The summed E-state index contributed by atoms with van der Waals surface area (Å²) in [4.78, 5) is 23.7. The lowest BCUT2D eigenvalue weighted by Crippen LogP contribution is -2.18. The fourth-order valence-electron chi connectivity index (χ4n) is 2.70. The van der Waals surface area contributed by atoms with Crippen LogP contribution in [0.25, 0.3) is 17.0 Å². The van der Waals surface area contributed by atoms with Gasteiger partial charge in [0.25, 0.3) is 0 Å². The molecule has 0 fully saturated rings. The predicted molar refractivity (Wildman–Crippen MR) is 106 cm³/mol. The van der Waals surface area contributed by atoms with Crippen molar-refractivity contribution in [1.82, 2.24) is 0 Å². The third-order valence-electron chi connectivity index (χ3n) is 4.04. The first kappa shape index (κ1) is 19.7. The number of esters is 1. The fourth-order valence-corrected chi connectivity index (χ4v) is 2.70. The van der Waals surface area contributed by atoms with Gasteiger partial charge in [-0.2, -0.15) is 5.26 Å². The van der Waals surface area contributed by atoms with Gasteiger partial charge < -0.3 is 18.6 Å². The quantitative estimate of drug-likeness (QED) is 0.274. The van der Waals surface area contributed by atoms with Crippen molar-refractivity contribution in [2.24, 2.45) is 0 Å². The molecule has 0 atom stereocenters. The third kappa shape index (κ3) is 4.82. The lowest BCUT2D eigenvalue weighted by atomic mass is 10.1. The summed E-state index contributed by atoms with van der Waals surface area (Å²) in [5, 5.41) is 9.38. The summed E-state index contributed by atoms with van der Waals surface area (Å²) in [6.45, 7) is 1.46. The van der Waals surface area contributed by atoms with Crippen LogP contribution in [-0.2, 0) is 4.79 Å². The highest BCUT2D eigenvalue weighted by Gasteiger charge is 2.12. The van der Waals surface area contributed by atoms with E-state index >= 15 is 0 Å². The van der Waals surface area contributed by atoms with E-state index in [1.54, 1.807) is 42.5 Å². The third-order valence-corrected chi connectivity index (χ3v) is 4.04. The summed E-state index contributed by atoms with van der Waals surface area (Å²) >= 11 is 0. The number of hydrogen-bond acceptors (Lipinski definition) is 7. The molecule has 0 bridgehead atoms. The number of carbonyl (C=O) groups excluding carboxylic acids is 1. The second-order valence-corrected chi connectivity index (χ2v) is 6.04. The van der Waals surface area contributed by atoms with Crippen molar-refractivity contribution in [1.29, 1.82) is 5.26 Å². The van der Waals surface area contributed by atoms with Gasteiger partial charge in [-0.3, -0.25) is 0 Å². The standard InChI is InChI=1S/C22H17NO6/c1-14-10-21(24)29-19-12-16(6-7-17(14)19)27-13-22(25)28-18-8-5-15(4-3-9-23)11-20(18)26-2/h3-8,10-12H,13H2,1-2H3/b4-3-. The minimum atomic E-state index is -0.630. The zero-order chi connectivity index (χ0) is 20.8. The molecule has 0 unspecified atom stereocenters. The summed E-state index contributed by atoms with van der Waals surface area (Å²) in [6.07, 6.45) is 2.94. The number of allylic oxidation sites excluding steroid dienone is 1. The molecule has 7 heteroatoms. The maximum absolute atomic E-state index is 12.1. The average molecular weight is 391 g/mol. The monoisotopic (exact) mass is 391 g/mol. The second-order valence-electron chi connectivity index (χ2n) is 6.04. The molecule has 7 nitrogen and oxygen atoms in total. The van der Waals surface area contributed by atoms with Crippen LogP contribution < -0.4 is 19.8 Å². The van der Waals surface area contributed by atoms with Crippen molar-refractivity contribution < 1.29 is 23.4 Å². The largest absolute Gasteiger partial charge is 0.493 e. The topological polar surface area (TPSA) is 98.8 Å². The summed E-state index contributed by atoms with van der Waals surface area (Å²) in [7, 11) is 1.45. The molecule has 0 saturated heterocycles. The van der Waals surface area contributed by atoms with Crippen molar-refractivity contribution in [3.63, 3.8) is 0 Å². The van der Waals surface area contributed by atoms with Gasteiger partial charge in [-0.1, -0.05) is 6.07 Å². The molecular formula is C22H17NO6. The molecule has 0 aliphatic heterocycles. The molecule has 0 N–H and O–H groups in total. The van der Waals surface area contributed by atoms with Gasteiger partial charge in [0, 0.05) is 23.6 Å². The Morgan fingerprint density at radius 3 is 2.76 bits per heavy atom. The zero-order valence-electron chi connectivity index (χ0n) is 15.8. The first-order valence-electron chi connectivity index (χ1n) is 8.62. The highest BCUT2D eigenvalue weighted by Crippen LogP contribution is 2.29. The van der Waals surface area contributed by atoms with E-state index in [4.69, 9.17) is 23.9 Å². The van der Waals surface area contributed by atoms with Crippen LogP contribution in [0.5, 0.6) is 17.2 Å².